The lowest BCUT2D eigenvalue weighted by atomic mass is 10.2. The minimum atomic E-state index is -0.0231. The van der Waals surface area contributed by atoms with E-state index in [4.69, 9.17) is 0 Å². The van der Waals surface area contributed by atoms with Crippen LogP contribution in [0.3, 0.4) is 0 Å². The summed E-state index contributed by atoms with van der Waals surface area (Å²) in [6.45, 7) is 8.87. The summed E-state index contributed by atoms with van der Waals surface area (Å²) in [6, 6.07) is 0. The van der Waals surface area contributed by atoms with E-state index in [9.17, 15) is 4.79 Å². The number of nitrogens with one attached hydrogen (secondary N) is 3. The molecule has 0 rings (SSSR count). The molecule has 0 spiro atoms. The number of hydrogen-bond donors (Lipinski definition) is 3. The Balaban J connectivity index is 3.90. The van der Waals surface area contributed by atoms with Crippen molar-refractivity contribution in [3.63, 3.8) is 0 Å². The van der Waals surface area contributed by atoms with Gasteiger partial charge in [0.2, 0.25) is 5.91 Å². The van der Waals surface area contributed by atoms with Crippen molar-refractivity contribution in [2.45, 2.75) is 52.9 Å². The van der Waals surface area contributed by atoms with Crippen molar-refractivity contribution >= 4 is 11.9 Å². The molecule has 0 heterocycles. The number of carbonyl (C=O) groups excluding carboxylic acids is 1. The summed E-state index contributed by atoms with van der Waals surface area (Å²) < 4.78 is 0. The molecule has 0 aromatic heterocycles. The Bertz CT molecular complexity index is 254. The molecule has 0 unspecified atom stereocenters. The third-order valence-corrected chi connectivity index (χ3v) is 2.62. The van der Waals surface area contributed by atoms with Gasteiger partial charge in [-0.3, -0.25) is 4.79 Å². The van der Waals surface area contributed by atoms with Crippen molar-refractivity contribution in [1.82, 2.24) is 16.0 Å². The first kappa shape index (κ1) is 17.7. The van der Waals surface area contributed by atoms with E-state index in [2.05, 4.69) is 27.9 Å². The molecule has 0 aromatic carbocycles. The lowest BCUT2D eigenvalue weighted by Gasteiger charge is -2.11. The number of carbonyl (C=O) groups is 1. The fourth-order valence-electron chi connectivity index (χ4n) is 1.57. The summed E-state index contributed by atoms with van der Waals surface area (Å²) in [5.74, 6) is 0.704. The maximum atomic E-state index is 11.5. The van der Waals surface area contributed by atoms with E-state index in [1.807, 2.05) is 13.8 Å². The third kappa shape index (κ3) is 11.6. The smallest absolute Gasteiger partial charge is 0.241 e. The van der Waals surface area contributed by atoms with E-state index >= 15 is 0 Å². The van der Waals surface area contributed by atoms with E-state index in [1.165, 1.54) is 19.3 Å². The second-order valence-electron chi connectivity index (χ2n) is 4.53. The molecule has 0 aliphatic heterocycles. The molecule has 0 aliphatic rings. The molecule has 5 heteroatoms. The number of rotatable bonds is 10. The molecule has 112 valence electrons. The van der Waals surface area contributed by atoms with Crippen LogP contribution in [0.1, 0.15) is 52.9 Å². The topological polar surface area (TPSA) is 65.5 Å². The highest BCUT2D eigenvalue weighted by Crippen LogP contribution is 1.96. The molecule has 1 amide bonds. The average molecular weight is 270 g/mol. The first-order valence-corrected chi connectivity index (χ1v) is 7.53. The van der Waals surface area contributed by atoms with Gasteiger partial charge in [0, 0.05) is 19.6 Å². The standard InChI is InChI=1S/C14H30N4O/c1-4-7-8-9-11-17-14(15-6-3)18-12-13(19)16-10-5-2/h4-12H2,1-3H3,(H,16,19)(H2,15,17,18). The van der Waals surface area contributed by atoms with Gasteiger partial charge in [0.1, 0.15) is 6.54 Å². The van der Waals surface area contributed by atoms with Gasteiger partial charge in [0.25, 0.3) is 0 Å². The highest BCUT2D eigenvalue weighted by Gasteiger charge is 2.00. The Hall–Kier alpha value is -1.26. The molecule has 5 nitrogen and oxygen atoms in total. The van der Waals surface area contributed by atoms with Crippen molar-refractivity contribution in [2.75, 3.05) is 26.2 Å². The molecular weight excluding hydrogens is 240 g/mol. The van der Waals surface area contributed by atoms with E-state index in [0.29, 0.717) is 0 Å². The van der Waals surface area contributed by atoms with E-state index in [-0.39, 0.29) is 12.5 Å². The van der Waals surface area contributed by atoms with Crippen LogP contribution in [0.5, 0.6) is 0 Å². The van der Waals surface area contributed by atoms with Gasteiger partial charge in [0.05, 0.1) is 0 Å². The first-order valence-electron chi connectivity index (χ1n) is 7.53. The van der Waals surface area contributed by atoms with Crippen molar-refractivity contribution < 1.29 is 4.79 Å². The van der Waals surface area contributed by atoms with Gasteiger partial charge in [-0.25, -0.2) is 4.99 Å². The molecule has 0 fully saturated rings. The van der Waals surface area contributed by atoms with Crippen LogP contribution >= 0.6 is 0 Å². The van der Waals surface area contributed by atoms with Crippen LogP contribution in [0, 0.1) is 0 Å². The fourth-order valence-corrected chi connectivity index (χ4v) is 1.57. The molecule has 0 atom stereocenters. The van der Waals surface area contributed by atoms with Gasteiger partial charge in [0.15, 0.2) is 5.96 Å². The molecule has 19 heavy (non-hydrogen) atoms. The molecule has 0 radical (unpaired) electrons. The quantitative estimate of drug-likeness (QED) is 0.321. The van der Waals surface area contributed by atoms with Crippen molar-refractivity contribution in [3.8, 4) is 0 Å². The second-order valence-corrected chi connectivity index (χ2v) is 4.53. The number of amides is 1. The van der Waals surface area contributed by atoms with Crippen LogP contribution in [0.25, 0.3) is 0 Å². The van der Waals surface area contributed by atoms with Crippen LogP contribution in [-0.2, 0) is 4.79 Å². The number of unbranched alkanes of at least 4 members (excludes halogenated alkanes) is 3. The monoisotopic (exact) mass is 270 g/mol. The zero-order chi connectivity index (χ0) is 14.3. The van der Waals surface area contributed by atoms with Gasteiger partial charge < -0.3 is 16.0 Å². The number of aliphatic imine (C=N–C) groups is 1. The van der Waals surface area contributed by atoms with Gasteiger partial charge in [-0.1, -0.05) is 33.1 Å². The maximum Gasteiger partial charge on any atom is 0.241 e. The summed E-state index contributed by atoms with van der Waals surface area (Å²) >= 11 is 0. The molecule has 3 N–H and O–H groups in total. The number of guanidine groups is 1. The lowest BCUT2D eigenvalue weighted by molar-refractivity contribution is -0.119. The van der Waals surface area contributed by atoms with E-state index in [1.54, 1.807) is 0 Å². The Morgan fingerprint density at radius 3 is 2.32 bits per heavy atom. The molecule has 0 bridgehead atoms. The molecule has 0 aromatic rings. The highest BCUT2D eigenvalue weighted by atomic mass is 16.1. The summed E-state index contributed by atoms with van der Waals surface area (Å²) in [5, 5.41) is 9.21. The predicted octanol–water partition coefficient (Wildman–Crippen LogP) is 1.65. The van der Waals surface area contributed by atoms with Crippen LogP contribution in [-0.4, -0.2) is 38.0 Å². The van der Waals surface area contributed by atoms with Crippen molar-refractivity contribution in [3.05, 3.63) is 0 Å². The Labute approximate surface area is 117 Å². The number of nitrogens with zero attached hydrogens (tertiary/aromatic N) is 1. The van der Waals surface area contributed by atoms with Crippen LogP contribution in [0.4, 0.5) is 0 Å². The lowest BCUT2D eigenvalue weighted by Crippen LogP contribution is -2.39. The maximum absolute atomic E-state index is 11.5. The molecular formula is C14H30N4O. The van der Waals surface area contributed by atoms with Gasteiger partial charge >= 0.3 is 0 Å². The van der Waals surface area contributed by atoms with Gasteiger partial charge in [-0.2, -0.15) is 0 Å². The highest BCUT2D eigenvalue weighted by molar-refractivity contribution is 5.84. The molecule has 0 saturated carbocycles. The average Bonchev–Trinajstić information content (AvgIpc) is 2.42. The third-order valence-electron chi connectivity index (χ3n) is 2.62. The van der Waals surface area contributed by atoms with Gasteiger partial charge in [-0.05, 0) is 19.8 Å². The largest absolute Gasteiger partial charge is 0.357 e. The zero-order valence-corrected chi connectivity index (χ0v) is 12.7. The van der Waals surface area contributed by atoms with Crippen LogP contribution in [0.2, 0.25) is 0 Å². The number of hydrogen-bond acceptors (Lipinski definition) is 2. The fraction of sp³-hybridized carbons (Fsp3) is 0.857. The minimum Gasteiger partial charge on any atom is -0.357 e. The summed E-state index contributed by atoms with van der Waals surface area (Å²) in [6.07, 6.45) is 5.84. The van der Waals surface area contributed by atoms with Crippen molar-refractivity contribution in [2.24, 2.45) is 4.99 Å². The Kier molecular flexibility index (Phi) is 12.3. The summed E-state index contributed by atoms with van der Waals surface area (Å²) in [5.41, 5.74) is 0. The van der Waals surface area contributed by atoms with Crippen LogP contribution < -0.4 is 16.0 Å². The molecule has 0 saturated heterocycles. The van der Waals surface area contributed by atoms with Crippen molar-refractivity contribution in [1.29, 1.82) is 0 Å². The molecule has 0 aliphatic carbocycles. The summed E-state index contributed by atoms with van der Waals surface area (Å²) in [7, 11) is 0. The Morgan fingerprint density at radius 2 is 1.68 bits per heavy atom. The van der Waals surface area contributed by atoms with Crippen LogP contribution in [0.15, 0.2) is 4.99 Å². The predicted molar refractivity (Wildman–Crippen MR) is 81.4 cm³/mol. The van der Waals surface area contributed by atoms with E-state index < -0.39 is 0 Å². The van der Waals surface area contributed by atoms with Gasteiger partial charge in [-0.15, -0.1) is 0 Å². The zero-order valence-electron chi connectivity index (χ0n) is 12.7. The minimum absolute atomic E-state index is 0.0231. The van der Waals surface area contributed by atoms with E-state index in [0.717, 1.165) is 38.4 Å². The SMILES string of the molecule is CCCCCCNC(=NCC(=O)NCCC)NCC. The Morgan fingerprint density at radius 1 is 0.895 bits per heavy atom. The first-order chi connectivity index (χ1) is 9.24. The normalized spacial score (nSPS) is 11.2. The second kappa shape index (κ2) is 13.2. The summed E-state index contributed by atoms with van der Waals surface area (Å²) in [4.78, 5) is 15.7.